The van der Waals surface area contributed by atoms with E-state index in [1.807, 2.05) is 0 Å². The van der Waals surface area contributed by atoms with Crippen LogP contribution in [0.15, 0.2) is 0 Å². The first-order valence-corrected chi connectivity index (χ1v) is 9.07. The zero-order valence-electron chi connectivity index (χ0n) is 13.3. The molecule has 0 saturated heterocycles. The van der Waals surface area contributed by atoms with Crippen molar-refractivity contribution in [2.24, 2.45) is 41.4 Å². The molecule has 4 bridgehead atoms. The van der Waals surface area contributed by atoms with Crippen molar-refractivity contribution >= 4 is 11.9 Å². The number of amides is 1. The van der Waals surface area contributed by atoms with Gasteiger partial charge in [-0.15, -0.1) is 0 Å². The number of carboxylic acids is 1. The van der Waals surface area contributed by atoms with Crippen LogP contribution in [0, 0.1) is 41.4 Å². The van der Waals surface area contributed by atoms with Crippen molar-refractivity contribution < 1.29 is 14.7 Å². The lowest BCUT2D eigenvalue weighted by Crippen LogP contribution is -2.47. The summed E-state index contributed by atoms with van der Waals surface area (Å²) in [5.74, 6) is 1.36. The first-order valence-electron chi connectivity index (χ1n) is 9.07. The third-order valence-electron chi connectivity index (χ3n) is 7.31. The minimum atomic E-state index is -0.764. The van der Waals surface area contributed by atoms with E-state index in [1.54, 1.807) is 0 Å². The Balaban J connectivity index is 1.42. The molecule has 0 spiro atoms. The summed E-state index contributed by atoms with van der Waals surface area (Å²) >= 11 is 0. The van der Waals surface area contributed by atoms with Gasteiger partial charge >= 0.3 is 5.97 Å². The van der Waals surface area contributed by atoms with Crippen LogP contribution in [-0.2, 0) is 9.59 Å². The van der Waals surface area contributed by atoms with E-state index in [9.17, 15) is 14.7 Å². The molecule has 4 nitrogen and oxygen atoms in total. The molecule has 0 heterocycles. The Morgan fingerprint density at radius 1 is 0.955 bits per heavy atom. The van der Waals surface area contributed by atoms with Crippen LogP contribution in [0.3, 0.4) is 0 Å². The molecule has 0 aliphatic heterocycles. The maximum absolute atomic E-state index is 12.7. The lowest BCUT2D eigenvalue weighted by molar-refractivity contribution is -0.149. The van der Waals surface area contributed by atoms with Crippen LogP contribution < -0.4 is 5.32 Å². The van der Waals surface area contributed by atoms with Crippen LogP contribution in [0.1, 0.15) is 51.9 Å². The minimum absolute atomic E-state index is 0.0230. The van der Waals surface area contributed by atoms with Crippen LogP contribution in [0.5, 0.6) is 0 Å². The predicted molar refractivity (Wildman–Crippen MR) is 82.0 cm³/mol. The fraction of sp³-hybridized carbons (Fsp3) is 0.889. The molecule has 0 radical (unpaired) electrons. The van der Waals surface area contributed by atoms with E-state index in [-0.39, 0.29) is 23.8 Å². The van der Waals surface area contributed by atoms with Crippen LogP contribution in [0.2, 0.25) is 0 Å². The number of carboxylic acid groups (broad SMARTS) is 1. The first kappa shape index (κ1) is 14.5. The van der Waals surface area contributed by atoms with E-state index < -0.39 is 11.9 Å². The number of hydrogen-bond donors (Lipinski definition) is 2. The third-order valence-corrected chi connectivity index (χ3v) is 7.31. The summed E-state index contributed by atoms with van der Waals surface area (Å²) in [6.45, 7) is 2.13. The molecule has 0 aromatic rings. The van der Waals surface area contributed by atoms with Gasteiger partial charge in [0.2, 0.25) is 5.91 Å². The number of rotatable bonds is 4. The first-order chi connectivity index (χ1) is 10.5. The average Bonchev–Trinajstić information content (AvgIpc) is 3.24. The summed E-state index contributed by atoms with van der Waals surface area (Å²) in [5, 5.41) is 12.7. The largest absolute Gasteiger partial charge is 0.481 e. The van der Waals surface area contributed by atoms with Crippen molar-refractivity contribution in [2.45, 2.75) is 57.9 Å². The lowest BCUT2D eigenvalue weighted by atomic mass is 9.78. The Labute approximate surface area is 132 Å². The Morgan fingerprint density at radius 2 is 1.64 bits per heavy atom. The highest BCUT2D eigenvalue weighted by atomic mass is 16.4. The summed E-state index contributed by atoms with van der Waals surface area (Å²) in [5.41, 5.74) is 0. The van der Waals surface area contributed by atoms with Crippen molar-refractivity contribution in [1.82, 2.24) is 5.32 Å². The van der Waals surface area contributed by atoms with Crippen LogP contribution in [0.25, 0.3) is 0 Å². The maximum Gasteiger partial charge on any atom is 0.307 e. The molecule has 1 amide bonds. The third kappa shape index (κ3) is 2.17. The molecule has 0 aromatic carbocycles. The van der Waals surface area contributed by atoms with Crippen LogP contribution in [-0.4, -0.2) is 23.0 Å². The van der Waals surface area contributed by atoms with Crippen molar-refractivity contribution in [3.05, 3.63) is 0 Å². The Bertz CT molecular complexity index is 491. The normalized spacial score (nSPS) is 46.9. The van der Waals surface area contributed by atoms with E-state index >= 15 is 0 Å². The molecule has 4 aliphatic carbocycles. The fourth-order valence-corrected chi connectivity index (χ4v) is 6.36. The molecule has 0 aromatic heterocycles. The van der Waals surface area contributed by atoms with Gasteiger partial charge in [-0.3, -0.25) is 9.59 Å². The molecule has 4 aliphatic rings. The summed E-state index contributed by atoms with van der Waals surface area (Å²) < 4.78 is 0. The molecule has 122 valence electrons. The zero-order chi connectivity index (χ0) is 15.4. The molecule has 8 atom stereocenters. The zero-order valence-corrected chi connectivity index (χ0v) is 13.3. The van der Waals surface area contributed by atoms with Crippen LogP contribution in [0.4, 0.5) is 0 Å². The van der Waals surface area contributed by atoms with E-state index in [0.717, 1.165) is 31.1 Å². The quantitative estimate of drug-likeness (QED) is 0.839. The second-order valence-corrected chi connectivity index (χ2v) is 8.36. The minimum Gasteiger partial charge on any atom is -0.481 e. The highest BCUT2D eigenvalue weighted by molar-refractivity contribution is 5.86. The van der Waals surface area contributed by atoms with Crippen molar-refractivity contribution in [2.75, 3.05) is 0 Å². The molecule has 4 heteroatoms. The number of aliphatic carboxylic acids is 1. The van der Waals surface area contributed by atoms with Gasteiger partial charge in [-0.05, 0) is 75.0 Å². The number of fused-ring (bicyclic) bond motifs is 4. The lowest BCUT2D eigenvalue weighted by Gasteiger charge is -2.32. The van der Waals surface area contributed by atoms with E-state index in [4.69, 9.17) is 0 Å². The second-order valence-electron chi connectivity index (χ2n) is 8.36. The average molecular weight is 305 g/mol. The highest BCUT2D eigenvalue weighted by Crippen LogP contribution is 2.53. The van der Waals surface area contributed by atoms with Crippen LogP contribution >= 0.6 is 0 Å². The number of carbonyl (C=O) groups is 2. The van der Waals surface area contributed by atoms with E-state index in [0.29, 0.717) is 11.8 Å². The SMILES string of the molecule is C[C@@H](NC(=O)[C@@H]1[C@@H]2CC[C@@H](C2)[C@@H]1C(=O)O)[C@H]1C[C@@H]2CC[C@@H]1C2. The van der Waals surface area contributed by atoms with Gasteiger partial charge in [0.1, 0.15) is 0 Å². The molecule has 4 saturated carbocycles. The van der Waals surface area contributed by atoms with E-state index in [2.05, 4.69) is 12.2 Å². The predicted octanol–water partition coefficient (Wildman–Crippen LogP) is 2.67. The Hall–Kier alpha value is -1.06. The maximum atomic E-state index is 12.7. The fourth-order valence-electron chi connectivity index (χ4n) is 6.36. The molecular weight excluding hydrogens is 278 g/mol. The molecule has 2 N–H and O–H groups in total. The van der Waals surface area contributed by atoms with Gasteiger partial charge in [-0.2, -0.15) is 0 Å². The van der Waals surface area contributed by atoms with Gasteiger partial charge < -0.3 is 10.4 Å². The molecular formula is C18H27NO3. The number of nitrogens with one attached hydrogen (secondary N) is 1. The van der Waals surface area contributed by atoms with Gasteiger partial charge in [0.15, 0.2) is 0 Å². The van der Waals surface area contributed by atoms with Gasteiger partial charge in [0, 0.05) is 6.04 Å². The van der Waals surface area contributed by atoms with Crippen molar-refractivity contribution in [1.29, 1.82) is 0 Å². The summed E-state index contributed by atoms with van der Waals surface area (Å²) in [6, 6.07) is 0.205. The monoisotopic (exact) mass is 305 g/mol. The summed E-state index contributed by atoms with van der Waals surface area (Å²) in [7, 11) is 0. The summed E-state index contributed by atoms with van der Waals surface area (Å²) in [4.78, 5) is 24.3. The molecule has 4 rings (SSSR count). The van der Waals surface area contributed by atoms with Gasteiger partial charge in [0.05, 0.1) is 11.8 Å². The highest BCUT2D eigenvalue weighted by Gasteiger charge is 2.54. The topological polar surface area (TPSA) is 66.4 Å². The Kier molecular flexibility index (Phi) is 3.46. The smallest absolute Gasteiger partial charge is 0.307 e. The summed E-state index contributed by atoms with van der Waals surface area (Å²) in [6.07, 6.45) is 8.26. The second kappa shape index (κ2) is 5.24. The van der Waals surface area contributed by atoms with Crippen molar-refractivity contribution in [3.63, 3.8) is 0 Å². The van der Waals surface area contributed by atoms with Crippen molar-refractivity contribution in [3.8, 4) is 0 Å². The van der Waals surface area contributed by atoms with Gasteiger partial charge in [-0.25, -0.2) is 0 Å². The molecule has 4 fully saturated rings. The standard InChI is InChI=1S/C18H27NO3/c1-9(14-7-10-2-3-11(14)6-10)19-17(20)15-12-4-5-13(8-12)16(15)18(21)22/h9-16H,2-8H2,1H3,(H,19,20)(H,21,22)/t9-,10-,11-,12-,13+,14-,15-,16+/m1/s1. The molecule has 22 heavy (non-hydrogen) atoms. The molecule has 0 unspecified atom stereocenters. The Morgan fingerprint density at radius 3 is 2.23 bits per heavy atom. The van der Waals surface area contributed by atoms with E-state index in [1.165, 1.54) is 25.7 Å². The van der Waals surface area contributed by atoms with Gasteiger partial charge in [0.25, 0.3) is 0 Å². The number of hydrogen-bond acceptors (Lipinski definition) is 2. The number of carbonyl (C=O) groups excluding carboxylic acids is 1. The van der Waals surface area contributed by atoms with Gasteiger partial charge in [-0.1, -0.05) is 6.42 Å².